The van der Waals surface area contributed by atoms with E-state index in [1.807, 2.05) is 24.3 Å². The van der Waals surface area contributed by atoms with E-state index in [0.29, 0.717) is 11.1 Å². The fraction of sp³-hybridized carbons (Fsp3) is 0.130. The fourth-order valence-corrected chi connectivity index (χ4v) is 2.92. The SMILES string of the molecule is CC(=Cc1ccc(-c2ccc(C)cc2)cc1)c1c(F)cc(C)cc1F. The van der Waals surface area contributed by atoms with Gasteiger partial charge in [0.1, 0.15) is 11.6 Å². The predicted molar refractivity (Wildman–Crippen MR) is 101 cm³/mol. The van der Waals surface area contributed by atoms with E-state index in [2.05, 4.69) is 31.2 Å². The molecule has 3 rings (SSSR count). The van der Waals surface area contributed by atoms with Crippen LogP contribution in [0.5, 0.6) is 0 Å². The highest BCUT2D eigenvalue weighted by Crippen LogP contribution is 2.26. The van der Waals surface area contributed by atoms with Gasteiger partial charge in [0, 0.05) is 5.56 Å². The number of aryl methyl sites for hydroxylation is 2. The van der Waals surface area contributed by atoms with Gasteiger partial charge in [-0.2, -0.15) is 0 Å². The van der Waals surface area contributed by atoms with Crippen molar-refractivity contribution in [2.75, 3.05) is 0 Å². The second kappa shape index (κ2) is 7.02. The van der Waals surface area contributed by atoms with Crippen LogP contribution in [-0.2, 0) is 0 Å². The standard InChI is InChI=1S/C23H20F2/c1-15-4-8-19(9-5-15)20-10-6-18(7-11-20)14-17(3)23-21(24)12-16(2)13-22(23)25/h4-14H,1-3H3. The molecule has 0 atom stereocenters. The van der Waals surface area contributed by atoms with E-state index in [9.17, 15) is 8.78 Å². The van der Waals surface area contributed by atoms with Crippen molar-refractivity contribution < 1.29 is 8.78 Å². The molecule has 0 bridgehead atoms. The Hall–Kier alpha value is -2.74. The van der Waals surface area contributed by atoms with Crippen LogP contribution in [0.4, 0.5) is 8.78 Å². The zero-order valence-electron chi connectivity index (χ0n) is 14.6. The molecule has 2 heteroatoms. The lowest BCUT2D eigenvalue weighted by Crippen LogP contribution is -1.94. The van der Waals surface area contributed by atoms with Crippen LogP contribution < -0.4 is 0 Å². The molecular weight excluding hydrogens is 314 g/mol. The minimum absolute atomic E-state index is 0.0354. The average Bonchev–Trinajstić information content (AvgIpc) is 2.55. The highest BCUT2D eigenvalue weighted by Gasteiger charge is 2.11. The molecule has 0 saturated carbocycles. The van der Waals surface area contributed by atoms with E-state index in [1.54, 1.807) is 19.9 Å². The second-order valence-electron chi connectivity index (χ2n) is 6.42. The zero-order valence-corrected chi connectivity index (χ0v) is 14.6. The monoisotopic (exact) mass is 334 g/mol. The summed E-state index contributed by atoms with van der Waals surface area (Å²) >= 11 is 0. The lowest BCUT2D eigenvalue weighted by molar-refractivity contribution is 0.575. The van der Waals surface area contributed by atoms with Crippen LogP contribution in [0, 0.1) is 25.5 Å². The van der Waals surface area contributed by atoms with Gasteiger partial charge in [-0.1, -0.05) is 60.2 Å². The summed E-state index contributed by atoms with van der Waals surface area (Å²) < 4.78 is 28.2. The number of halogens is 2. The Labute approximate surface area is 147 Å². The Bertz CT molecular complexity index is 894. The topological polar surface area (TPSA) is 0 Å². The Balaban J connectivity index is 1.90. The molecule has 0 radical (unpaired) electrons. The normalized spacial score (nSPS) is 11.6. The number of hydrogen-bond acceptors (Lipinski definition) is 0. The number of rotatable bonds is 3. The molecule has 0 aliphatic rings. The van der Waals surface area contributed by atoms with E-state index in [-0.39, 0.29) is 5.56 Å². The van der Waals surface area contributed by atoms with Gasteiger partial charge in [0.15, 0.2) is 0 Å². The van der Waals surface area contributed by atoms with Crippen LogP contribution in [0.3, 0.4) is 0 Å². The average molecular weight is 334 g/mol. The Morgan fingerprint density at radius 2 is 1.20 bits per heavy atom. The van der Waals surface area contributed by atoms with Crippen molar-refractivity contribution in [3.05, 3.63) is 94.6 Å². The first-order valence-electron chi connectivity index (χ1n) is 8.25. The van der Waals surface area contributed by atoms with Gasteiger partial charge in [-0.05, 0) is 60.7 Å². The highest BCUT2D eigenvalue weighted by atomic mass is 19.1. The third-order valence-corrected chi connectivity index (χ3v) is 4.26. The van der Waals surface area contributed by atoms with Gasteiger partial charge in [-0.15, -0.1) is 0 Å². The van der Waals surface area contributed by atoms with Gasteiger partial charge in [-0.3, -0.25) is 0 Å². The molecule has 3 aromatic carbocycles. The quantitative estimate of drug-likeness (QED) is 0.462. The first-order chi connectivity index (χ1) is 11.9. The molecule has 0 aliphatic heterocycles. The van der Waals surface area contributed by atoms with Crippen molar-refractivity contribution in [2.45, 2.75) is 20.8 Å². The highest BCUT2D eigenvalue weighted by molar-refractivity contribution is 5.81. The molecule has 0 amide bonds. The minimum Gasteiger partial charge on any atom is -0.206 e. The third-order valence-electron chi connectivity index (χ3n) is 4.26. The summed E-state index contributed by atoms with van der Waals surface area (Å²) in [6, 6.07) is 19.0. The van der Waals surface area contributed by atoms with E-state index >= 15 is 0 Å². The zero-order chi connectivity index (χ0) is 18.0. The number of benzene rings is 3. The summed E-state index contributed by atoms with van der Waals surface area (Å²) in [4.78, 5) is 0. The van der Waals surface area contributed by atoms with Crippen LogP contribution in [0.1, 0.15) is 29.2 Å². The van der Waals surface area contributed by atoms with Crippen molar-refractivity contribution in [1.29, 1.82) is 0 Å². The second-order valence-corrected chi connectivity index (χ2v) is 6.42. The van der Waals surface area contributed by atoms with E-state index < -0.39 is 11.6 Å². The Morgan fingerprint density at radius 3 is 1.72 bits per heavy atom. The van der Waals surface area contributed by atoms with Crippen LogP contribution in [-0.4, -0.2) is 0 Å². The van der Waals surface area contributed by atoms with Crippen molar-refractivity contribution in [1.82, 2.24) is 0 Å². The molecule has 0 saturated heterocycles. The molecule has 0 aliphatic carbocycles. The molecule has 0 spiro atoms. The van der Waals surface area contributed by atoms with E-state index in [4.69, 9.17) is 0 Å². The van der Waals surface area contributed by atoms with Crippen LogP contribution >= 0.6 is 0 Å². The largest absolute Gasteiger partial charge is 0.206 e. The van der Waals surface area contributed by atoms with Crippen molar-refractivity contribution in [3.8, 4) is 11.1 Å². The maximum absolute atomic E-state index is 14.1. The van der Waals surface area contributed by atoms with Gasteiger partial charge in [0.2, 0.25) is 0 Å². The molecule has 0 aromatic heterocycles. The lowest BCUT2D eigenvalue weighted by Gasteiger charge is -2.08. The Morgan fingerprint density at radius 1 is 0.720 bits per heavy atom. The molecule has 3 aromatic rings. The van der Waals surface area contributed by atoms with Crippen molar-refractivity contribution in [3.63, 3.8) is 0 Å². The first kappa shape index (κ1) is 17.1. The van der Waals surface area contributed by atoms with Crippen LogP contribution in [0.25, 0.3) is 22.8 Å². The molecule has 0 heterocycles. The summed E-state index contributed by atoms with van der Waals surface area (Å²) in [5, 5.41) is 0. The molecular formula is C23H20F2. The van der Waals surface area contributed by atoms with Gasteiger partial charge in [-0.25, -0.2) is 8.78 Å². The van der Waals surface area contributed by atoms with Gasteiger partial charge < -0.3 is 0 Å². The summed E-state index contributed by atoms with van der Waals surface area (Å²) in [6.07, 6.45) is 1.80. The molecule has 0 nitrogen and oxygen atoms in total. The van der Waals surface area contributed by atoms with Gasteiger partial charge in [0.25, 0.3) is 0 Å². The number of hydrogen-bond donors (Lipinski definition) is 0. The van der Waals surface area contributed by atoms with Crippen LogP contribution in [0.2, 0.25) is 0 Å². The minimum atomic E-state index is -0.525. The summed E-state index contributed by atoms with van der Waals surface area (Å²) in [7, 11) is 0. The van der Waals surface area contributed by atoms with E-state index in [0.717, 1.165) is 16.7 Å². The van der Waals surface area contributed by atoms with Crippen molar-refractivity contribution >= 4 is 11.6 Å². The molecule has 25 heavy (non-hydrogen) atoms. The first-order valence-corrected chi connectivity index (χ1v) is 8.25. The summed E-state index contributed by atoms with van der Waals surface area (Å²) in [6.45, 7) is 5.47. The van der Waals surface area contributed by atoms with Gasteiger partial charge in [0.05, 0.1) is 0 Å². The molecule has 0 N–H and O–H groups in total. The maximum Gasteiger partial charge on any atom is 0.133 e. The Kier molecular flexibility index (Phi) is 4.80. The fourth-order valence-electron chi connectivity index (χ4n) is 2.92. The third kappa shape index (κ3) is 3.85. The summed E-state index contributed by atoms with van der Waals surface area (Å²) in [5.41, 5.74) is 5.57. The number of allylic oxidation sites excluding steroid dienone is 1. The van der Waals surface area contributed by atoms with Gasteiger partial charge >= 0.3 is 0 Å². The summed E-state index contributed by atoms with van der Waals surface area (Å²) in [5.74, 6) is -1.05. The van der Waals surface area contributed by atoms with Crippen molar-refractivity contribution in [2.24, 2.45) is 0 Å². The van der Waals surface area contributed by atoms with Crippen LogP contribution in [0.15, 0.2) is 60.7 Å². The van der Waals surface area contributed by atoms with E-state index in [1.165, 1.54) is 17.7 Å². The lowest BCUT2D eigenvalue weighted by atomic mass is 9.99. The molecule has 0 unspecified atom stereocenters. The molecule has 0 fully saturated rings. The predicted octanol–water partition coefficient (Wildman–Crippen LogP) is 6.81. The molecule has 126 valence electrons. The smallest absolute Gasteiger partial charge is 0.133 e. The maximum atomic E-state index is 14.1.